The van der Waals surface area contributed by atoms with Gasteiger partial charge in [-0.15, -0.1) is 0 Å². The van der Waals surface area contributed by atoms with Gasteiger partial charge in [-0.05, 0) is 18.2 Å². The highest BCUT2D eigenvalue weighted by Gasteiger charge is 2.28. The van der Waals surface area contributed by atoms with Crippen molar-refractivity contribution in [3.8, 4) is 0 Å². The number of fused-ring (bicyclic) bond motifs is 2. The van der Waals surface area contributed by atoms with E-state index in [4.69, 9.17) is 0 Å². The molecule has 25 heavy (non-hydrogen) atoms. The van der Waals surface area contributed by atoms with Crippen LogP contribution in [0.25, 0.3) is 10.9 Å². The molecular formula is C17H15N5O3. The largest absolute Gasteiger partial charge is 0.371 e. The van der Waals surface area contributed by atoms with Crippen molar-refractivity contribution in [1.82, 2.24) is 10.2 Å². The number of aromatic amines is 1. The fourth-order valence-corrected chi connectivity index (χ4v) is 3.12. The number of likely N-dealkylation sites (N-methyl/N-ethyl adjacent to an activating group) is 1. The van der Waals surface area contributed by atoms with Crippen LogP contribution in [0.4, 0.5) is 17.1 Å². The second-order valence-corrected chi connectivity index (χ2v) is 5.93. The highest BCUT2D eigenvalue weighted by atomic mass is 16.6. The van der Waals surface area contributed by atoms with E-state index in [0.29, 0.717) is 24.0 Å². The molecule has 1 aromatic heterocycles. The molecule has 1 aliphatic heterocycles. The molecule has 8 nitrogen and oxygen atoms in total. The molecule has 2 aromatic carbocycles. The molecule has 0 bridgehead atoms. The predicted molar refractivity (Wildman–Crippen MR) is 94.1 cm³/mol. The molecule has 3 aromatic rings. The van der Waals surface area contributed by atoms with Crippen molar-refractivity contribution in [2.24, 2.45) is 0 Å². The monoisotopic (exact) mass is 337 g/mol. The average Bonchev–Trinajstić information content (AvgIpc) is 3.05. The summed E-state index contributed by atoms with van der Waals surface area (Å²) in [6.07, 6.45) is 0. The molecule has 0 aliphatic carbocycles. The van der Waals surface area contributed by atoms with E-state index in [1.807, 2.05) is 31.3 Å². The number of rotatable bonds is 2. The summed E-state index contributed by atoms with van der Waals surface area (Å²) in [5.41, 5.74) is 2.49. The number of carbonyl (C=O) groups is 1. The zero-order valence-corrected chi connectivity index (χ0v) is 13.5. The number of para-hydroxylation sites is 2. The smallest absolute Gasteiger partial charge is 0.279 e. The Balaban J connectivity index is 1.79. The van der Waals surface area contributed by atoms with E-state index < -0.39 is 4.92 Å². The number of nitro benzene ring substituents is 1. The minimum Gasteiger partial charge on any atom is -0.371 e. The molecule has 0 fully saturated rings. The number of H-pyrrole nitrogens is 1. The minimum absolute atomic E-state index is 0.0678. The topological polar surface area (TPSA) is 95.4 Å². The second-order valence-electron chi connectivity index (χ2n) is 5.93. The highest BCUT2D eigenvalue weighted by molar-refractivity contribution is 6.14. The van der Waals surface area contributed by atoms with Crippen LogP contribution in [-0.4, -0.2) is 41.2 Å². The first-order valence-electron chi connectivity index (χ1n) is 7.81. The summed E-state index contributed by atoms with van der Waals surface area (Å²) in [6.45, 7) is 1.22. The summed E-state index contributed by atoms with van der Waals surface area (Å²) in [5, 5.41) is 18.4. The molecule has 0 unspecified atom stereocenters. The zero-order valence-electron chi connectivity index (χ0n) is 13.5. The molecule has 0 radical (unpaired) electrons. The maximum absolute atomic E-state index is 13.1. The third kappa shape index (κ3) is 2.38. The lowest BCUT2D eigenvalue weighted by atomic mass is 10.1. The van der Waals surface area contributed by atoms with Gasteiger partial charge in [-0.1, -0.05) is 12.1 Å². The van der Waals surface area contributed by atoms with Crippen LogP contribution in [0.15, 0.2) is 42.5 Å². The number of benzene rings is 2. The van der Waals surface area contributed by atoms with Gasteiger partial charge in [0.2, 0.25) is 0 Å². The Hall–Kier alpha value is -3.42. The Labute approximate surface area is 142 Å². The lowest BCUT2D eigenvalue weighted by Gasteiger charge is -2.35. The highest BCUT2D eigenvalue weighted by Crippen LogP contribution is 2.33. The maximum atomic E-state index is 13.1. The normalized spacial score (nSPS) is 13.8. The summed E-state index contributed by atoms with van der Waals surface area (Å²) >= 11 is 0. The van der Waals surface area contributed by atoms with Crippen LogP contribution in [0.5, 0.6) is 0 Å². The standard InChI is InChI=1S/C17H15N5O3/c1-20-8-9-21(15-5-3-2-4-14(15)20)17(23)16-12-10-11(22(24)25)6-7-13(12)18-19-16/h2-7,10H,8-9H2,1H3,(H,18,19). The first-order valence-corrected chi connectivity index (χ1v) is 7.81. The second kappa shape index (κ2) is 5.59. The van der Waals surface area contributed by atoms with Gasteiger partial charge in [0, 0.05) is 37.7 Å². The Morgan fingerprint density at radius 1 is 1.20 bits per heavy atom. The van der Waals surface area contributed by atoms with Crippen molar-refractivity contribution in [3.05, 3.63) is 58.3 Å². The molecule has 0 saturated heterocycles. The SMILES string of the molecule is CN1CCN(C(=O)c2n[nH]c3ccc([N+](=O)[O-])cc23)c2ccccc21. The molecule has 0 spiro atoms. The Morgan fingerprint density at radius 2 is 1.96 bits per heavy atom. The van der Waals surface area contributed by atoms with Gasteiger partial charge in [-0.3, -0.25) is 20.0 Å². The fourth-order valence-electron chi connectivity index (χ4n) is 3.12. The maximum Gasteiger partial charge on any atom is 0.279 e. The van der Waals surface area contributed by atoms with E-state index in [-0.39, 0.29) is 17.3 Å². The summed E-state index contributed by atoms with van der Waals surface area (Å²) in [7, 11) is 1.98. The molecule has 1 aliphatic rings. The number of hydrogen-bond donors (Lipinski definition) is 1. The van der Waals surface area contributed by atoms with E-state index in [0.717, 1.165) is 11.4 Å². The number of carbonyl (C=O) groups excluding carboxylic acids is 1. The first kappa shape index (κ1) is 15.1. The van der Waals surface area contributed by atoms with Crippen LogP contribution in [0.1, 0.15) is 10.5 Å². The number of hydrogen-bond acceptors (Lipinski definition) is 5. The molecule has 126 valence electrons. The van der Waals surface area contributed by atoms with E-state index >= 15 is 0 Å². The molecule has 8 heteroatoms. The molecule has 0 saturated carbocycles. The summed E-state index contributed by atoms with van der Waals surface area (Å²) < 4.78 is 0. The predicted octanol–water partition coefficient (Wildman–Crippen LogP) is 2.57. The fraction of sp³-hybridized carbons (Fsp3) is 0.176. The summed E-state index contributed by atoms with van der Waals surface area (Å²) in [6, 6.07) is 12.0. The molecule has 2 heterocycles. The molecule has 1 N–H and O–H groups in total. The average molecular weight is 337 g/mol. The van der Waals surface area contributed by atoms with Gasteiger partial charge in [0.25, 0.3) is 11.6 Å². The van der Waals surface area contributed by atoms with Crippen molar-refractivity contribution >= 4 is 33.9 Å². The van der Waals surface area contributed by atoms with E-state index in [9.17, 15) is 14.9 Å². The number of nitrogens with zero attached hydrogens (tertiary/aromatic N) is 4. The van der Waals surface area contributed by atoms with Crippen molar-refractivity contribution < 1.29 is 9.72 Å². The summed E-state index contributed by atoms with van der Waals surface area (Å²) in [4.78, 5) is 27.4. The van der Waals surface area contributed by atoms with Crippen molar-refractivity contribution in [2.75, 3.05) is 29.9 Å². The lowest BCUT2D eigenvalue weighted by Crippen LogP contribution is -2.42. The molecule has 0 atom stereocenters. The van der Waals surface area contributed by atoms with Crippen LogP contribution in [0.3, 0.4) is 0 Å². The van der Waals surface area contributed by atoms with Crippen LogP contribution < -0.4 is 9.80 Å². The van der Waals surface area contributed by atoms with Crippen LogP contribution in [0.2, 0.25) is 0 Å². The summed E-state index contributed by atoms with van der Waals surface area (Å²) in [5.74, 6) is -0.271. The molecular weight excluding hydrogens is 322 g/mol. The zero-order chi connectivity index (χ0) is 17.6. The third-order valence-corrected chi connectivity index (χ3v) is 4.45. The van der Waals surface area contributed by atoms with Crippen molar-refractivity contribution in [3.63, 3.8) is 0 Å². The number of amides is 1. The van der Waals surface area contributed by atoms with Crippen molar-refractivity contribution in [1.29, 1.82) is 0 Å². The van der Waals surface area contributed by atoms with Gasteiger partial charge in [0.15, 0.2) is 5.69 Å². The van der Waals surface area contributed by atoms with Gasteiger partial charge in [-0.2, -0.15) is 5.10 Å². The number of anilines is 2. The van der Waals surface area contributed by atoms with E-state index in [2.05, 4.69) is 15.1 Å². The third-order valence-electron chi connectivity index (χ3n) is 4.45. The Morgan fingerprint density at radius 3 is 2.72 bits per heavy atom. The van der Waals surface area contributed by atoms with Gasteiger partial charge in [0.1, 0.15) is 0 Å². The number of nitro groups is 1. The van der Waals surface area contributed by atoms with E-state index in [1.165, 1.54) is 12.1 Å². The number of aromatic nitrogens is 2. The van der Waals surface area contributed by atoms with Gasteiger partial charge in [0.05, 0.1) is 21.8 Å². The lowest BCUT2D eigenvalue weighted by molar-refractivity contribution is -0.384. The Bertz CT molecular complexity index is 997. The Kier molecular flexibility index (Phi) is 3.38. The quantitative estimate of drug-likeness (QED) is 0.573. The van der Waals surface area contributed by atoms with Gasteiger partial charge < -0.3 is 9.80 Å². The van der Waals surface area contributed by atoms with Crippen LogP contribution >= 0.6 is 0 Å². The van der Waals surface area contributed by atoms with Gasteiger partial charge in [-0.25, -0.2) is 0 Å². The van der Waals surface area contributed by atoms with E-state index in [1.54, 1.807) is 11.0 Å². The number of non-ortho nitro benzene ring substituents is 1. The van der Waals surface area contributed by atoms with Crippen LogP contribution in [0, 0.1) is 10.1 Å². The first-order chi connectivity index (χ1) is 12.1. The van der Waals surface area contributed by atoms with Gasteiger partial charge >= 0.3 is 0 Å². The minimum atomic E-state index is -0.480. The van der Waals surface area contributed by atoms with Crippen molar-refractivity contribution in [2.45, 2.75) is 0 Å². The molecule has 1 amide bonds. The molecule has 4 rings (SSSR count). The van der Waals surface area contributed by atoms with Crippen LogP contribution in [-0.2, 0) is 0 Å². The number of nitrogens with one attached hydrogen (secondary N) is 1.